The van der Waals surface area contributed by atoms with Gasteiger partial charge in [-0.25, -0.2) is 0 Å². The summed E-state index contributed by atoms with van der Waals surface area (Å²) in [7, 11) is 1.66. The van der Waals surface area contributed by atoms with Crippen LogP contribution >= 0.6 is 12.2 Å². The van der Waals surface area contributed by atoms with Crippen LogP contribution in [0, 0.1) is 0 Å². The van der Waals surface area contributed by atoms with E-state index in [1.165, 1.54) is 0 Å². The van der Waals surface area contributed by atoms with Gasteiger partial charge in [0.1, 0.15) is 0 Å². The predicted molar refractivity (Wildman–Crippen MR) is 68.4 cm³/mol. The topological polar surface area (TPSA) is 62.4 Å². The van der Waals surface area contributed by atoms with Crippen molar-refractivity contribution in [1.82, 2.24) is 16.0 Å². The SMILES string of the molecule is COCCCNC(=S)NCC(=O)NC(C)C. The lowest BCUT2D eigenvalue weighted by Gasteiger charge is -2.11. The molecule has 0 aromatic heterocycles. The highest BCUT2D eigenvalue weighted by atomic mass is 32.1. The van der Waals surface area contributed by atoms with Gasteiger partial charge in [0.15, 0.2) is 5.11 Å². The molecule has 0 spiro atoms. The predicted octanol–water partition coefficient (Wildman–Crippen LogP) is 0.0116. The Morgan fingerprint density at radius 1 is 1.38 bits per heavy atom. The molecule has 0 aliphatic heterocycles. The Hall–Kier alpha value is -0.880. The Balaban J connectivity index is 3.46. The maximum Gasteiger partial charge on any atom is 0.239 e. The molecular weight excluding hydrogens is 226 g/mol. The first kappa shape index (κ1) is 15.1. The van der Waals surface area contributed by atoms with Crippen LogP contribution in [0.3, 0.4) is 0 Å². The minimum absolute atomic E-state index is 0.0592. The lowest BCUT2D eigenvalue weighted by molar-refractivity contribution is -0.120. The molecule has 0 aromatic carbocycles. The van der Waals surface area contributed by atoms with E-state index in [1.54, 1.807) is 7.11 Å². The van der Waals surface area contributed by atoms with Crippen LogP contribution in [0.1, 0.15) is 20.3 Å². The number of hydrogen-bond acceptors (Lipinski definition) is 3. The van der Waals surface area contributed by atoms with Gasteiger partial charge in [0, 0.05) is 26.3 Å². The van der Waals surface area contributed by atoms with E-state index in [9.17, 15) is 4.79 Å². The second-order valence-electron chi connectivity index (χ2n) is 3.68. The molecule has 0 aliphatic carbocycles. The third kappa shape index (κ3) is 9.67. The zero-order chi connectivity index (χ0) is 12.4. The largest absolute Gasteiger partial charge is 0.385 e. The summed E-state index contributed by atoms with van der Waals surface area (Å²) >= 11 is 4.99. The lowest BCUT2D eigenvalue weighted by Crippen LogP contribution is -2.43. The molecule has 0 heterocycles. The van der Waals surface area contributed by atoms with E-state index in [4.69, 9.17) is 17.0 Å². The number of carbonyl (C=O) groups is 1. The van der Waals surface area contributed by atoms with Crippen molar-refractivity contribution in [3.05, 3.63) is 0 Å². The normalized spacial score (nSPS) is 10.0. The number of hydrogen-bond donors (Lipinski definition) is 3. The van der Waals surface area contributed by atoms with Crippen LogP contribution in [0.25, 0.3) is 0 Å². The van der Waals surface area contributed by atoms with Gasteiger partial charge in [-0.3, -0.25) is 4.79 Å². The molecule has 0 unspecified atom stereocenters. The van der Waals surface area contributed by atoms with Crippen LogP contribution in [0.4, 0.5) is 0 Å². The van der Waals surface area contributed by atoms with Gasteiger partial charge in [-0.05, 0) is 32.5 Å². The highest BCUT2D eigenvalue weighted by Crippen LogP contribution is 1.78. The molecular formula is C10H21N3O2S. The zero-order valence-corrected chi connectivity index (χ0v) is 10.9. The number of methoxy groups -OCH3 is 1. The summed E-state index contributed by atoms with van der Waals surface area (Å²) in [6.07, 6.45) is 0.885. The van der Waals surface area contributed by atoms with Gasteiger partial charge in [0.05, 0.1) is 6.54 Å². The Morgan fingerprint density at radius 2 is 2.06 bits per heavy atom. The van der Waals surface area contributed by atoms with Crippen LogP contribution in [-0.4, -0.2) is 43.9 Å². The van der Waals surface area contributed by atoms with Gasteiger partial charge >= 0.3 is 0 Å². The number of amides is 1. The number of carbonyl (C=O) groups excluding carboxylic acids is 1. The molecule has 0 aromatic rings. The van der Waals surface area contributed by atoms with Gasteiger partial charge in [0.25, 0.3) is 0 Å². The average molecular weight is 247 g/mol. The fraction of sp³-hybridized carbons (Fsp3) is 0.800. The smallest absolute Gasteiger partial charge is 0.239 e. The summed E-state index contributed by atoms with van der Waals surface area (Å²) in [5.74, 6) is -0.0592. The van der Waals surface area contributed by atoms with Crippen LogP contribution in [-0.2, 0) is 9.53 Å². The van der Waals surface area contributed by atoms with Gasteiger partial charge in [-0.15, -0.1) is 0 Å². The van der Waals surface area contributed by atoms with Crippen molar-refractivity contribution in [1.29, 1.82) is 0 Å². The minimum atomic E-state index is -0.0592. The van der Waals surface area contributed by atoms with Crippen molar-refractivity contribution in [2.24, 2.45) is 0 Å². The van der Waals surface area contributed by atoms with Crippen LogP contribution in [0.15, 0.2) is 0 Å². The molecule has 0 radical (unpaired) electrons. The van der Waals surface area contributed by atoms with E-state index in [2.05, 4.69) is 16.0 Å². The molecule has 0 saturated carbocycles. The molecule has 3 N–H and O–H groups in total. The van der Waals surface area contributed by atoms with E-state index in [0.717, 1.165) is 13.0 Å². The summed E-state index contributed by atoms with van der Waals surface area (Å²) in [6, 6.07) is 0.150. The average Bonchev–Trinajstić information content (AvgIpc) is 2.20. The Morgan fingerprint density at radius 3 is 2.62 bits per heavy atom. The van der Waals surface area contributed by atoms with Crippen molar-refractivity contribution in [3.63, 3.8) is 0 Å². The summed E-state index contributed by atoms with van der Waals surface area (Å²) in [4.78, 5) is 11.3. The Kier molecular flexibility index (Phi) is 8.84. The van der Waals surface area contributed by atoms with Gasteiger partial charge in [0.2, 0.25) is 5.91 Å². The fourth-order valence-corrected chi connectivity index (χ4v) is 1.19. The third-order valence-electron chi connectivity index (χ3n) is 1.67. The van der Waals surface area contributed by atoms with Gasteiger partial charge in [-0.1, -0.05) is 0 Å². The highest BCUT2D eigenvalue weighted by molar-refractivity contribution is 7.80. The number of ether oxygens (including phenoxy) is 1. The molecule has 16 heavy (non-hydrogen) atoms. The first-order valence-electron chi connectivity index (χ1n) is 5.36. The summed E-state index contributed by atoms with van der Waals surface area (Å²) in [5.41, 5.74) is 0. The molecule has 0 aliphatic rings. The monoisotopic (exact) mass is 247 g/mol. The molecule has 5 nitrogen and oxygen atoms in total. The number of thiocarbonyl (C=S) groups is 1. The fourth-order valence-electron chi connectivity index (χ4n) is 1.01. The van der Waals surface area contributed by atoms with Crippen molar-refractivity contribution < 1.29 is 9.53 Å². The Bertz CT molecular complexity index is 222. The second kappa shape index (κ2) is 9.35. The maximum absolute atomic E-state index is 11.3. The third-order valence-corrected chi connectivity index (χ3v) is 1.96. The maximum atomic E-state index is 11.3. The first-order chi connectivity index (χ1) is 7.56. The zero-order valence-electron chi connectivity index (χ0n) is 10.1. The molecule has 1 amide bonds. The van der Waals surface area contributed by atoms with Crippen molar-refractivity contribution in [3.8, 4) is 0 Å². The summed E-state index contributed by atoms with van der Waals surface area (Å²) in [5, 5.41) is 9.08. The molecule has 6 heteroatoms. The van der Waals surface area contributed by atoms with Gasteiger partial charge in [-0.2, -0.15) is 0 Å². The van der Waals surface area contributed by atoms with Crippen molar-refractivity contribution in [2.75, 3.05) is 26.8 Å². The van der Waals surface area contributed by atoms with Crippen LogP contribution in [0.2, 0.25) is 0 Å². The highest BCUT2D eigenvalue weighted by Gasteiger charge is 2.03. The Labute approximate surface area is 102 Å². The van der Waals surface area contributed by atoms with E-state index in [1.807, 2.05) is 13.8 Å². The molecule has 0 atom stereocenters. The standard InChI is InChI=1S/C10H21N3O2S/c1-8(2)13-9(14)7-12-10(16)11-5-4-6-15-3/h8H,4-7H2,1-3H3,(H,13,14)(H2,11,12,16). The van der Waals surface area contributed by atoms with Crippen LogP contribution in [0.5, 0.6) is 0 Å². The minimum Gasteiger partial charge on any atom is -0.385 e. The first-order valence-corrected chi connectivity index (χ1v) is 5.77. The van der Waals surface area contributed by atoms with Crippen LogP contribution < -0.4 is 16.0 Å². The molecule has 94 valence electrons. The number of rotatable bonds is 7. The summed E-state index contributed by atoms with van der Waals surface area (Å²) < 4.78 is 4.90. The van der Waals surface area contributed by atoms with E-state index in [0.29, 0.717) is 11.7 Å². The molecule has 0 rings (SSSR count). The van der Waals surface area contributed by atoms with E-state index >= 15 is 0 Å². The quantitative estimate of drug-likeness (QED) is 0.437. The van der Waals surface area contributed by atoms with E-state index in [-0.39, 0.29) is 18.5 Å². The molecule has 0 fully saturated rings. The van der Waals surface area contributed by atoms with Crippen molar-refractivity contribution in [2.45, 2.75) is 26.3 Å². The second-order valence-corrected chi connectivity index (χ2v) is 4.09. The molecule has 0 bridgehead atoms. The van der Waals surface area contributed by atoms with Gasteiger partial charge < -0.3 is 20.7 Å². The van der Waals surface area contributed by atoms with Crippen molar-refractivity contribution >= 4 is 23.2 Å². The summed E-state index contributed by atoms with van der Waals surface area (Å²) in [6.45, 7) is 5.47. The van der Waals surface area contributed by atoms with E-state index < -0.39 is 0 Å². The number of nitrogens with one attached hydrogen (secondary N) is 3. The molecule has 0 saturated heterocycles. The lowest BCUT2D eigenvalue weighted by atomic mass is 10.4.